The zero-order valence-corrected chi connectivity index (χ0v) is 14.7. The van der Waals surface area contributed by atoms with E-state index in [1.54, 1.807) is 24.3 Å². The molecule has 2 amide bonds. The predicted octanol–water partition coefficient (Wildman–Crippen LogP) is 1.75. The summed E-state index contributed by atoms with van der Waals surface area (Å²) in [6.45, 7) is 3.87. The Hall–Kier alpha value is -2.90. The minimum absolute atomic E-state index is 0.0290. The van der Waals surface area contributed by atoms with Gasteiger partial charge < -0.3 is 10.2 Å². The highest BCUT2D eigenvalue weighted by molar-refractivity contribution is 6.00. The standard InChI is InChI=1S/C18H22N2O6/c1-11(2)7-8-15(21)20(14(18(25)26)9-16(22)23)19-10-12-5-3-4-6-13(12)17(19)24/h3-6,11,14H,7-10H2,1-2H3,(H,22,23)(H,25,26). The Kier molecular flexibility index (Phi) is 5.97. The van der Waals surface area contributed by atoms with Crippen LogP contribution in [0.25, 0.3) is 0 Å². The highest BCUT2D eigenvalue weighted by Crippen LogP contribution is 2.27. The van der Waals surface area contributed by atoms with E-state index >= 15 is 0 Å². The number of carbonyl (C=O) groups excluding carboxylic acids is 2. The molecule has 1 aliphatic heterocycles. The first-order valence-corrected chi connectivity index (χ1v) is 8.38. The number of amides is 2. The van der Waals surface area contributed by atoms with Crippen molar-refractivity contribution in [2.75, 3.05) is 0 Å². The number of hydrazine groups is 1. The van der Waals surface area contributed by atoms with Crippen LogP contribution in [0.3, 0.4) is 0 Å². The lowest BCUT2D eigenvalue weighted by Crippen LogP contribution is -2.55. The number of hydrogen-bond acceptors (Lipinski definition) is 4. The Labute approximate surface area is 151 Å². The molecule has 140 valence electrons. The fraction of sp³-hybridized carbons (Fsp3) is 0.444. The van der Waals surface area contributed by atoms with E-state index in [1.165, 1.54) is 0 Å². The number of carbonyl (C=O) groups is 4. The van der Waals surface area contributed by atoms with Gasteiger partial charge in [0.25, 0.3) is 5.91 Å². The third kappa shape index (κ3) is 4.19. The molecule has 1 unspecified atom stereocenters. The Morgan fingerprint density at radius 2 is 1.85 bits per heavy atom. The minimum atomic E-state index is -1.65. The van der Waals surface area contributed by atoms with Crippen LogP contribution < -0.4 is 0 Å². The van der Waals surface area contributed by atoms with Crippen molar-refractivity contribution in [3.63, 3.8) is 0 Å². The molecule has 0 aromatic heterocycles. The number of carboxylic acid groups (broad SMARTS) is 2. The molecule has 0 bridgehead atoms. The Bertz CT molecular complexity index is 730. The Morgan fingerprint density at radius 3 is 2.38 bits per heavy atom. The molecule has 8 nitrogen and oxygen atoms in total. The lowest BCUT2D eigenvalue weighted by Gasteiger charge is -2.35. The van der Waals surface area contributed by atoms with Crippen molar-refractivity contribution < 1.29 is 29.4 Å². The Morgan fingerprint density at radius 1 is 1.19 bits per heavy atom. The zero-order chi connectivity index (χ0) is 19.4. The molecule has 0 radical (unpaired) electrons. The number of aliphatic carboxylic acids is 2. The number of fused-ring (bicyclic) bond motifs is 1. The quantitative estimate of drug-likeness (QED) is 0.728. The second kappa shape index (κ2) is 7.99. The summed E-state index contributed by atoms with van der Waals surface area (Å²) in [5.74, 6) is -3.70. The molecule has 26 heavy (non-hydrogen) atoms. The van der Waals surface area contributed by atoms with Crippen LogP contribution in [0.1, 0.15) is 49.0 Å². The van der Waals surface area contributed by atoms with Gasteiger partial charge in [0.2, 0.25) is 5.91 Å². The summed E-state index contributed by atoms with van der Waals surface area (Å²) in [6.07, 6.45) is -0.256. The first-order chi connectivity index (χ1) is 12.2. The summed E-state index contributed by atoms with van der Waals surface area (Å²) in [7, 11) is 0. The molecule has 0 spiro atoms. The largest absolute Gasteiger partial charge is 0.481 e. The van der Waals surface area contributed by atoms with Gasteiger partial charge in [-0.05, 0) is 24.0 Å². The second-order valence-corrected chi connectivity index (χ2v) is 6.64. The van der Waals surface area contributed by atoms with Gasteiger partial charge in [-0.15, -0.1) is 0 Å². The van der Waals surface area contributed by atoms with Gasteiger partial charge in [0.15, 0.2) is 6.04 Å². The summed E-state index contributed by atoms with van der Waals surface area (Å²) in [5, 5.41) is 20.4. The van der Waals surface area contributed by atoms with E-state index in [0.717, 1.165) is 10.0 Å². The molecule has 1 aromatic carbocycles. The van der Waals surface area contributed by atoms with Crippen LogP contribution in [0.4, 0.5) is 0 Å². The molecule has 0 aliphatic carbocycles. The van der Waals surface area contributed by atoms with Crippen LogP contribution in [0, 0.1) is 5.92 Å². The number of hydrogen-bond donors (Lipinski definition) is 2. The van der Waals surface area contributed by atoms with Crippen LogP contribution >= 0.6 is 0 Å². The number of carboxylic acids is 2. The number of rotatable bonds is 8. The molecule has 1 aromatic rings. The molecule has 0 saturated heterocycles. The van der Waals surface area contributed by atoms with Crippen LogP contribution in [0.15, 0.2) is 24.3 Å². The number of benzene rings is 1. The summed E-state index contributed by atoms with van der Waals surface area (Å²) >= 11 is 0. The molecule has 1 heterocycles. The molecule has 8 heteroatoms. The summed E-state index contributed by atoms with van der Waals surface area (Å²) in [6, 6.07) is 5.09. The lowest BCUT2D eigenvalue weighted by atomic mass is 10.1. The van der Waals surface area contributed by atoms with Gasteiger partial charge in [0.05, 0.1) is 13.0 Å². The van der Waals surface area contributed by atoms with Crippen LogP contribution in [-0.4, -0.2) is 50.0 Å². The van der Waals surface area contributed by atoms with Crippen molar-refractivity contribution in [2.24, 2.45) is 5.92 Å². The monoisotopic (exact) mass is 362 g/mol. The molecule has 0 fully saturated rings. The van der Waals surface area contributed by atoms with Gasteiger partial charge in [-0.1, -0.05) is 32.0 Å². The summed E-state index contributed by atoms with van der Waals surface area (Å²) in [5.41, 5.74) is 1.05. The van der Waals surface area contributed by atoms with E-state index in [4.69, 9.17) is 5.11 Å². The summed E-state index contributed by atoms with van der Waals surface area (Å²) in [4.78, 5) is 48.2. The highest BCUT2D eigenvalue weighted by atomic mass is 16.4. The van der Waals surface area contributed by atoms with E-state index in [9.17, 15) is 24.3 Å². The average molecular weight is 362 g/mol. The average Bonchev–Trinajstić information content (AvgIpc) is 2.89. The van der Waals surface area contributed by atoms with Crippen LogP contribution in [0.2, 0.25) is 0 Å². The van der Waals surface area contributed by atoms with Crippen molar-refractivity contribution >= 4 is 23.8 Å². The first-order valence-electron chi connectivity index (χ1n) is 8.38. The van der Waals surface area contributed by atoms with Gasteiger partial charge in [-0.2, -0.15) is 0 Å². The maximum absolute atomic E-state index is 12.7. The van der Waals surface area contributed by atoms with Gasteiger partial charge in [0.1, 0.15) is 0 Å². The number of nitrogens with zero attached hydrogens (tertiary/aromatic N) is 2. The SMILES string of the molecule is CC(C)CCC(=O)N(C(CC(=O)O)C(=O)O)N1Cc2ccccc2C1=O. The molecule has 1 atom stereocenters. The molecule has 1 aliphatic rings. The van der Waals surface area contributed by atoms with Gasteiger partial charge >= 0.3 is 11.9 Å². The van der Waals surface area contributed by atoms with Crippen molar-refractivity contribution in [3.05, 3.63) is 35.4 Å². The maximum atomic E-state index is 12.7. The normalized spacial score (nSPS) is 14.3. The van der Waals surface area contributed by atoms with Gasteiger partial charge in [0, 0.05) is 12.0 Å². The third-order valence-corrected chi connectivity index (χ3v) is 4.20. The van der Waals surface area contributed by atoms with Crippen LogP contribution in [0.5, 0.6) is 0 Å². The molecule has 0 saturated carbocycles. The van der Waals surface area contributed by atoms with Crippen molar-refractivity contribution in [1.82, 2.24) is 10.0 Å². The van der Waals surface area contributed by atoms with E-state index in [-0.39, 0.29) is 18.9 Å². The van der Waals surface area contributed by atoms with Gasteiger partial charge in [-0.3, -0.25) is 14.4 Å². The van der Waals surface area contributed by atoms with Crippen molar-refractivity contribution in [2.45, 2.75) is 45.7 Å². The van der Waals surface area contributed by atoms with E-state index < -0.39 is 36.2 Å². The molecular formula is C18H22N2O6. The fourth-order valence-corrected chi connectivity index (χ4v) is 2.86. The van der Waals surface area contributed by atoms with E-state index in [0.29, 0.717) is 17.5 Å². The molecular weight excluding hydrogens is 340 g/mol. The third-order valence-electron chi connectivity index (χ3n) is 4.20. The fourth-order valence-electron chi connectivity index (χ4n) is 2.86. The van der Waals surface area contributed by atoms with E-state index in [1.807, 2.05) is 13.8 Å². The lowest BCUT2D eigenvalue weighted by molar-refractivity contribution is -0.167. The first kappa shape index (κ1) is 19.4. The zero-order valence-electron chi connectivity index (χ0n) is 14.7. The second-order valence-electron chi connectivity index (χ2n) is 6.64. The van der Waals surface area contributed by atoms with Crippen molar-refractivity contribution in [1.29, 1.82) is 0 Å². The van der Waals surface area contributed by atoms with E-state index in [2.05, 4.69) is 0 Å². The summed E-state index contributed by atoms with van der Waals surface area (Å²) < 4.78 is 0. The molecule has 2 rings (SSSR count). The minimum Gasteiger partial charge on any atom is -0.481 e. The maximum Gasteiger partial charge on any atom is 0.329 e. The topological polar surface area (TPSA) is 115 Å². The smallest absolute Gasteiger partial charge is 0.329 e. The predicted molar refractivity (Wildman–Crippen MR) is 90.9 cm³/mol. The van der Waals surface area contributed by atoms with Crippen molar-refractivity contribution in [3.8, 4) is 0 Å². The molecule has 2 N–H and O–H groups in total. The van der Waals surface area contributed by atoms with Crippen LogP contribution in [-0.2, 0) is 20.9 Å². The highest BCUT2D eigenvalue weighted by Gasteiger charge is 2.41. The Balaban J connectivity index is 2.37. The van der Waals surface area contributed by atoms with Gasteiger partial charge in [-0.25, -0.2) is 14.8 Å².